The fourth-order valence-corrected chi connectivity index (χ4v) is 2.27. The lowest BCUT2D eigenvalue weighted by atomic mass is 10.2. The molecule has 1 heterocycles. The summed E-state index contributed by atoms with van der Waals surface area (Å²) in [5.41, 5.74) is 11.1. The van der Waals surface area contributed by atoms with Crippen molar-refractivity contribution in [3.05, 3.63) is 23.1 Å². The quantitative estimate of drug-likeness (QED) is 0.533. The van der Waals surface area contributed by atoms with Crippen LogP contribution in [0.15, 0.2) is 12.7 Å². The molecule has 0 aliphatic rings. The van der Waals surface area contributed by atoms with Gasteiger partial charge in [-0.3, -0.25) is 4.79 Å². The van der Waals surface area contributed by atoms with Gasteiger partial charge in [-0.1, -0.05) is 6.08 Å². The van der Waals surface area contributed by atoms with Gasteiger partial charge < -0.3 is 21.5 Å². The van der Waals surface area contributed by atoms with E-state index in [1.807, 2.05) is 0 Å². The van der Waals surface area contributed by atoms with Gasteiger partial charge in [0.25, 0.3) is 5.91 Å². The van der Waals surface area contributed by atoms with Crippen LogP contribution in [0.25, 0.3) is 0 Å². The summed E-state index contributed by atoms with van der Waals surface area (Å²) in [6.07, 6.45) is 1.61. The van der Waals surface area contributed by atoms with Gasteiger partial charge >= 0.3 is 5.97 Å². The minimum Gasteiger partial charge on any atom is -0.465 e. The first kappa shape index (κ1) is 13.0. The average Bonchev–Trinajstić information content (AvgIpc) is 2.62. The third-order valence-corrected chi connectivity index (χ3v) is 3.11. The van der Waals surface area contributed by atoms with Crippen LogP contribution < -0.4 is 16.8 Å². The van der Waals surface area contributed by atoms with E-state index >= 15 is 0 Å². The SMILES string of the molecule is C=CCNc1sc(C(=O)OC)c(N)c1C(N)=O. The Bertz CT molecular complexity index is 468. The van der Waals surface area contributed by atoms with E-state index in [-0.39, 0.29) is 16.1 Å². The molecule has 0 unspecified atom stereocenters. The number of methoxy groups -OCH3 is 1. The van der Waals surface area contributed by atoms with Gasteiger partial charge in [-0.25, -0.2) is 4.79 Å². The highest BCUT2D eigenvalue weighted by Gasteiger charge is 2.24. The predicted molar refractivity (Wildman–Crippen MR) is 67.3 cm³/mol. The fraction of sp³-hybridized carbons (Fsp3) is 0.200. The van der Waals surface area contributed by atoms with Gasteiger partial charge in [-0.15, -0.1) is 17.9 Å². The van der Waals surface area contributed by atoms with E-state index in [1.165, 1.54) is 7.11 Å². The van der Waals surface area contributed by atoms with Crippen LogP contribution in [-0.4, -0.2) is 25.5 Å². The molecule has 17 heavy (non-hydrogen) atoms. The minimum absolute atomic E-state index is 0.0425. The van der Waals surface area contributed by atoms with Gasteiger partial charge in [0.15, 0.2) is 0 Å². The zero-order valence-corrected chi connectivity index (χ0v) is 10.1. The van der Waals surface area contributed by atoms with Gasteiger partial charge in [0.2, 0.25) is 0 Å². The van der Waals surface area contributed by atoms with Crippen LogP contribution in [0.5, 0.6) is 0 Å². The first-order valence-corrected chi connectivity index (χ1v) is 5.49. The Morgan fingerprint density at radius 1 is 1.59 bits per heavy atom. The molecule has 1 amide bonds. The summed E-state index contributed by atoms with van der Waals surface area (Å²) >= 11 is 1.03. The van der Waals surface area contributed by atoms with Crippen LogP contribution in [0.2, 0.25) is 0 Å². The van der Waals surface area contributed by atoms with E-state index < -0.39 is 11.9 Å². The lowest BCUT2D eigenvalue weighted by molar-refractivity contribution is 0.0607. The molecule has 0 aliphatic heterocycles. The van der Waals surface area contributed by atoms with Gasteiger partial charge in [0.1, 0.15) is 9.88 Å². The number of esters is 1. The first-order chi connectivity index (χ1) is 8.02. The highest BCUT2D eigenvalue weighted by atomic mass is 32.1. The van der Waals surface area contributed by atoms with Crippen molar-refractivity contribution < 1.29 is 14.3 Å². The molecule has 0 spiro atoms. The summed E-state index contributed by atoms with van der Waals surface area (Å²) in [5.74, 6) is -1.29. The molecule has 6 nitrogen and oxygen atoms in total. The summed E-state index contributed by atoms with van der Waals surface area (Å²) in [6.45, 7) is 3.97. The fourth-order valence-electron chi connectivity index (χ4n) is 1.22. The third-order valence-electron chi connectivity index (χ3n) is 1.97. The number of hydrogen-bond acceptors (Lipinski definition) is 6. The summed E-state index contributed by atoms with van der Waals surface area (Å²) in [6, 6.07) is 0. The largest absolute Gasteiger partial charge is 0.465 e. The molecule has 1 aromatic heterocycles. The van der Waals surface area contributed by atoms with Crippen molar-refractivity contribution in [2.75, 3.05) is 24.7 Å². The van der Waals surface area contributed by atoms with E-state index in [1.54, 1.807) is 6.08 Å². The summed E-state index contributed by atoms with van der Waals surface area (Å²) in [7, 11) is 1.24. The number of nitrogens with one attached hydrogen (secondary N) is 1. The van der Waals surface area contributed by atoms with Crippen molar-refractivity contribution in [2.24, 2.45) is 5.73 Å². The second-order valence-electron chi connectivity index (χ2n) is 3.07. The second-order valence-corrected chi connectivity index (χ2v) is 4.10. The number of thiophene rings is 1. The molecule has 0 fully saturated rings. The summed E-state index contributed by atoms with van der Waals surface area (Å²) in [5, 5.41) is 3.34. The molecular formula is C10H13N3O3S. The summed E-state index contributed by atoms with van der Waals surface area (Å²) < 4.78 is 4.56. The smallest absolute Gasteiger partial charge is 0.350 e. The highest BCUT2D eigenvalue weighted by molar-refractivity contribution is 7.19. The number of nitrogen functional groups attached to an aromatic ring is 1. The maximum Gasteiger partial charge on any atom is 0.350 e. The Morgan fingerprint density at radius 3 is 2.71 bits per heavy atom. The number of carbonyl (C=O) groups excluding carboxylic acids is 2. The molecule has 0 atom stereocenters. The van der Waals surface area contributed by atoms with E-state index in [0.717, 1.165) is 11.3 Å². The van der Waals surface area contributed by atoms with Crippen LogP contribution in [0.3, 0.4) is 0 Å². The molecule has 0 aromatic carbocycles. The Hall–Kier alpha value is -2.02. The molecule has 0 aliphatic carbocycles. The number of carbonyl (C=O) groups is 2. The first-order valence-electron chi connectivity index (χ1n) is 4.68. The molecule has 0 saturated carbocycles. The van der Waals surface area contributed by atoms with E-state index in [4.69, 9.17) is 11.5 Å². The molecule has 1 aromatic rings. The number of anilines is 2. The predicted octanol–water partition coefficient (Wildman–Crippen LogP) is 0.814. The van der Waals surface area contributed by atoms with E-state index in [0.29, 0.717) is 11.5 Å². The van der Waals surface area contributed by atoms with Crippen LogP contribution in [0, 0.1) is 0 Å². The lowest BCUT2D eigenvalue weighted by Gasteiger charge is -2.01. The molecule has 1 rings (SSSR count). The van der Waals surface area contributed by atoms with Gasteiger partial charge in [0, 0.05) is 6.54 Å². The average molecular weight is 255 g/mol. The Kier molecular flexibility index (Phi) is 4.11. The van der Waals surface area contributed by atoms with Crippen LogP contribution >= 0.6 is 11.3 Å². The van der Waals surface area contributed by atoms with Crippen LogP contribution in [0.4, 0.5) is 10.7 Å². The number of ether oxygens (including phenoxy) is 1. The minimum atomic E-state index is -0.694. The van der Waals surface area contributed by atoms with E-state index in [2.05, 4.69) is 16.6 Å². The van der Waals surface area contributed by atoms with Gasteiger partial charge in [-0.2, -0.15) is 0 Å². The second kappa shape index (κ2) is 5.35. The number of rotatable bonds is 5. The molecule has 0 saturated heterocycles. The van der Waals surface area contributed by atoms with Crippen molar-refractivity contribution in [1.82, 2.24) is 0 Å². The van der Waals surface area contributed by atoms with Crippen molar-refractivity contribution in [2.45, 2.75) is 0 Å². The van der Waals surface area contributed by atoms with Gasteiger partial charge in [0.05, 0.1) is 18.4 Å². The Morgan fingerprint density at radius 2 is 2.24 bits per heavy atom. The van der Waals surface area contributed by atoms with Crippen molar-refractivity contribution in [3.8, 4) is 0 Å². The lowest BCUT2D eigenvalue weighted by Crippen LogP contribution is -2.15. The summed E-state index contributed by atoms with van der Waals surface area (Å²) in [4.78, 5) is 22.8. The molecular weight excluding hydrogens is 242 g/mol. The molecule has 0 radical (unpaired) electrons. The zero-order valence-electron chi connectivity index (χ0n) is 9.28. The number of nitrogens with two attached hydrogens (primary N) is 2. The van der Waals surface area contributed by atoms with Gasteiger partial charge in [-0.05, 0) is 0 Å². The molecule has 7 heteroatoms. The normalized spacial score (nSPS) is 9.71. The molecule has 5 N–H and O–H groups in total. The molecule has 0 bridgehead atoms. The third kappa shape index (κ3) is 2.56. The number of primary amides is 1. The zero-order chi connectivity index (χ0) is 13.0. The molecule has 92 valence electrons. The van der Waals surface area contributed by atoms with E-state index in [9.17, 15) is 9.59 Å². The monoisotopic (exact) mass is 255 g/mol. The number of amides is 1. The number of hydrogen-bond donors (Lipinski definition) is 3. The topological polar surface area (TPSA) is 107 Å². The highest BCUT2D eigenvalue weighted by Crippen LogP contribution is 2.35. The Balaban J connectivity index is 3.24. The van der Waals surface area contributed by atoms with Crippen molar-refractivity contribution in [3.63, 3.8) is 0 Å². The Labute approximate surface area is 102 Å². The van der Waals surface area contributed by atoms with Crippen molar-refractivity contribution in [1.29, 1.82) is 0 Å². The van der Waals surface area contributed by atoms with Crippen LogP contribution in [0.1, 0.15) is 20.0 Å². The van der Waals surface area contributed by atoms with Crippen molar-refractivity contribution >= 4 is 33.9 Å². The maximum absolute atomic E-state index is 11.4. The standard InChI is InChI=1S/C10H13N3O3S/c1-3-4-13-9-5(8(12)14)6(11)7(17-9)10(15)16-2/h3,13H,1,4,11H2,2H3,(H2,12,14). The van der Waals surface area contributed by atoms with Crippen LogP contribution in [-0.2, 0) is 4.74 Å². The maximum atomic E-state index is 11.4.